The zero-order valence-corrected chi connectivity index (χ0v) is 12.8. The topological polar surface area (TPSA) is 27.1 Å². The molecule has 0 atom stereocenters. The summed E-state index contributed by atoms with van der Waals surface area (Å²) >= 11 is 3.16. The van der Waals surface area contributed by atoms with Gasteiger partial charge in [-0.2, -0.15) is 5.10 Å². The zero-order chi connectivity index (χ0) is 14.7. The van der Waals surface area contributed by atoms with Crippen LogP contribution in [0.4, 0.5) is 8.78 Å². The third-order valence-electron chi connectivity index (χ3n) is 2.77. The highest BCUT2D eigenvalue weighted by Gasteiger charge is 2.13. The summed E-state index contributed by atoms with van der Waals surface area (Å²) in [7, 11) is 0. The number of benzene rings is 1. The number of ether oxygens (including phenoxy) is 1. The third-order valence-corrected chi connectivity index (χ3v) is 3.42. The molecule has 0 N–H and O–H groups in total. The summed E-state index contributed by atoms with van der Waals surface area (Å²) in [6, 6.07) is 4.50. The van der Waals surface area contributed by atoms with Gasteiger partial charge in [0.2, 0.25) is 0 Å². The molecular formula is C14H15BrF2N2O. The Balaban J connectivity index is 2.10. The highest BCUT2D eigenvalue weighted by atomic mass is 79.9. The highest BCUT2D eigenvalue weighted by Crippen LogP contribution is 2.25. The molecule has 3 nitrogen and oxygen atoms in total. The van der Waals surface area contributed by atoms with Crippen LogP contribution < -0.4 is 4.74 Å². The van der Waals surface area contributed by atoms with Gasteiger partial charge in [-0.3, -0.25) is 4.68 Å². The van der Waals surface area contributed by atoms with Crippen LogP contribution in [0.2, 0.25) is 0 Å². The third kappa shape index (κ3) is 3.36. The van der Waals surface area contributed by atoms with E-state index >= 15 is 0 Å². The van der Waals surface area contributed by atoms with Crippen LogP contribution in [-0.4, -0.2) is 9.78 Å². The molecule has 0 amide bonds. The number of hydrogen-bond acceptors (Lipinski definition) is 2. The molecule has 1 aromatic heterocycles. The monoisotopic (exact) mass is 344 g/mol. The lowest BCUT2D eigenvalue weighted by Gasteiger charge is -2.08. The summed E-state index contributed by atoms with van der Waals surface area (Å²) in [5.41, 5.74) is 1.15. The lowest BCUT2D eigenvalue weighted by atomic mass is 10.2. The number of hydrogen-bond donors (Lipinski definition) is 0. The maximum absolute atomic E-state index is 13.7. The molecule has 2 rings (SSSR count). The largest absolute Gasteiger partial charge is 0.481 e. The molecule has 0 unspecified atom stereocenters. The standard InChI is InChI=1S/C14H15BrF2N2O/c1-9(2)19-4-3-11(18-19)8-20-14-12(16)5-10(7-15)6-13(14)17/h3-6,9H,7-8H2,1-2H3. The van der Waals surface area contributed by atoms with Gasteiger partial charge in [0.05, 0.1) is 5.69 Å². The Morgan fingerprint density at radius 1 is 1.30 bits per heavy atom. The van der Waals surface area contributed by atoms with Gasteiger partial charge < -0.3 is 4.74 Å². The van der Waals surface area contributed by atoms with Crippen molar-refractivity contribution >= 4 is 15.9 Å². The molecule has 0 aliphatic carbocycles. The van der Waals surface area contributed by atoms with Gasteiger partial charge in [0.1, 0.15) is 6.61 Å². The van der Waals surface area contributed by atoms with Crippen LogP contribution in [0, 0.1) is 11.6 Å². The summed E-state index contributed by atoms with van der Waals surface area (Å²) in [6.07, 6.45) is 1.81. The van der Waals surface area contributed by atoms with Crippen LogP contribution in [-0.2, 0) is 11.9 Å². The molecule has 0 spiro atoms. The second kappa shape index (κ2) is 6.35. The molecule has 6 heteroatoms. The molecule has 0 aliphatic heterocycles. The van der Waals surface area contributed by atoms with Crippen molar-refractivity contribution in [3.8, 4) is 5.75 Å². The molecule has 1 aromatic carbocycles. The van der Waals surface area contributed by atoms with Crippen LogP contribution >= 0.6 is 15.9 Å². The lowest BCUT2D eigenvalue weighted by molar-refractivity contribution is 0.268. The maximum Gasteiger partial charge on any atom is 0.191 e. The Hall–Kier alpha value is -1.43. The van der Waals surface area contributed by atoms with Gasteiger partial charge in [0.15, 0.2) is 17.4 Å². The smallest absolute Gasteiger partial charge is 0.191 e. The Morgan fingerprint density at radius 2 is 1.95 bits per heavy atom. The normalized spacial score (nSPS) is 11.1. The molecule has 20 heavy (non-hydrogen) atoms. The minimum absolute atomic E-state index is 0.0290. The summed E-state index contributed by atoms with van der Waals surface area (Å²) in [6.45, 7) is 4.02. The predicted octanol–water partition coefficient (Wildman–Crippen LogP) is 4.22. The summed E-state index contributed by atoms with van der Waals surface area (Å²) in [5.74, 6) is -1.78. The van der Waals surface area contributed by atoms with Crippen molar-refractivity contribution in [1.29, 1.82) is 0 Å². The van der Waals surface area contributed by atoms with E-state index in [1.165, 1.54) is 12.1 Å². The summed E-state index contributed by atoms with van der Waals surface area (Å²) < 4.78 is 34.4. The Bertz CT molecular complexity index is 576. The van der Waals surface area contributed by atoms with E-state index in [2.05, 4.69) is 21.0 Å². The second-order valence-electron chi connectivity index (χ2n) is 4.69. The minimum atomic E-state index is -0.706. The average molecular weight is 345 g/mol. The van der Waals surface area contributed by atoms with Crippen molar-refractivity contribution in [3.63, 3.8) is 0 Å². The van der Waals surface area contributed by atoms with E-state index in [-0.39, 0.29) is 18.4 Å². The molecule has 0 saturated heterocycles. The first-order valence-electron chi connectivity index (χ1n) is 6.22. The highest BCUT2D eigenvalue weighted by molar-refractivity contribution is 9.08. The van der Waals surface area contributed by atoms with Gasteiger partial charge >= 0.3 is 0 Å². The van der Waals surface area contributed by atoms with E-state index in [0.717, 1.165) is 0 Å². The van der Waals surface area contributed by atoms with Crippen molar-refractivity contribution in [2.24, 2.45) is 0 Å². The van der Waals surface area contributed by atoms with Crippen LogP contribution in [0.1, 0.15) is 31.1 Å². The fraction of sp³-hybridized carbons (Fsp3) is 0.357. The van der Waals surface area contributed by atoms with Crippen molar-refractivity contribution in [1.82, 2.24) is 9.78 Å². The van der Waals surface area contributed by atoms with Crippen molar-refractivity contribution in [2.45, 2.75) is 31.8 Å². The first-order chi connectivity index (χ1) is 9.51. The fourth-order valence-electron chi connectivity index (χ4n) is 1.72. The van der Waals surface area contributed by atoms with E-state index < -0.39 is 11.6 Å². The minimum Gasteiger partial charge on any atom is -0.481 e. The van der Waals surface area contributed by atoms with Gasteiger partial charge in [0, 0.05) is 17.6 Å². The number of rotatable bonds is 5. The number of alkyl halides is 1. The SMILES string of the molecule is CC(C)n1ccc(COc2c(F)cc(CBr)cc2F)n1. The molecule has 0 radical (unpaired) electrons. The lowest BCUT2D eigenvalue weighted by Crippen LogP contribution is -2.05. The van der Waals surface area contributed by atoms with Crippen LogP contribution in [0.5, 0.6) is 5.75 Å². The van der Waals surface area contributed by atoms with Crippen LogP contribution in [0.3, 0.4) is 0 Å². The molecule has 0 aliphatic rings. The number of halogens is 3. The van der Waals surface area contributed by atoms with Gasteiger partial charge in [-0.15, -0.1) is 0 Å². The van der Waals surface area contributed by atoms with Gasteiger partial charge in [-0.1, -0.05) is 15.9 Å². The van der Waals surface area contributed by atoms with Crippen molar-refractivity contribution in [3.05, 3.63) is 47.3 Å². The van der Waals surface area contributed by atoms with E-state index in [1.54, 1.807) is 10.7 Å². The second-order valence-corrected chi connectivity index (χ2v) is 5.25. The Kier molecular flexibility index (Phi) is 4.75. The zero-order valence-electron chi connectivity index (χ0n) is 11.2. The van der Waals surface area contributed by atoms with Crippen molar-refractivity contribution < 1.29 is 13.5 Å². The maximum atomic E-state index is 13.7. The Morgan fingerprint density at radius 3 is 2.45 bits per heavy atom. The summed E-state index contributed by atoms with van der Waals surface area (Å²) in [4.78, 5) is 0. The van der Waals surface area contributed by atoms with E-state index in [0.29, 0.717) is 16.6 Å². The quantitative estimate of drug-likeness (QED) is 0.759. The van der Waals surface area contributed by atoms with Crippen LogP contribution in [0.15, 0.2) is 24.4 Å². The average Bonchev–Trinajstić information content (AvgIpc) is 2.86. The fourth-order valence-corrected chi connectivity index (χ4v) is 2.04. The van der Waals surface area contributed by atoms with E-state index in [4.69, 9.17) is 4.74 Å². The van der Waals surface area contributed by atoms with Gasteiger partial charge in [-0.25, -0.2) is 8.78 Å². The molecule has 108 valence electrons. The molecule has 0 saturated carbocycles. The first-order valence-corrected chi connectivity index (χ1v) is 7.34. The van der Waals surface area contributed by atoms with Gasteiger partial charge in [-0.05, 0) is 37.6 Å². The summed E-state index contributed by atoms with van der Waals surface area (Å²) in [5, 5.41) is 4.65. The molecule has 2 aromatic rings. The number of nitrogens with zero attached hydrogens (tertiary/aromatic N) is 2. The Labute approximate surface area is 124 Å². The molecule has 0 fully saturated rings. The first kappa shape index (κ1) is 15.0. The predicted molar refractivity (Wildman–Crippen MR) is 75.9 cm³/mol. The van der Waals surface area contributed by atoms with E-state index in [1.807, 2.05) is 20.0 Å². The molecule has 0 bridgehead atoms. The van der Waals surface area contributed by atoms with Crippen LogP contribution in [0.25, 0.3) is 0 Å². The van der Waals surface area contributed by atoms with E-state index in [9.17, 15) is 8.78 Å². The molecule has 1 heterocycles. The number of aromatic nitrogens is 2. The van der Waals surface area contributed by atoms with Crippen molar-refractivity contribution in [2.75, 3.05) is 0 Å². The molecular weight excluding hydrogens is 330 g/mol. The van der Waals surface area contributed by atoms with Gasteiger partial charge in [0.25, 0.3) is 0 Å².